The molecule has 4 aromatic rings. The Morgan fingerprint density at radius 1 is 1.03 bits per heavy atom. The summed E-state index contributed by atoms with van der Waals surface area (Å²) in [6.07, 6.45) is 0.0420. The maximum absolute atomic E-state index is 13.3. The van der Waals surface area contributed by atoms with Gasteiger partial charge in [-0.25, -0.2) is 13.9 Å². The molecule has 4 rings (SSSR count). The highest BCUT2D eigenvalue weighted by Crippen LogP contribution is 2.16. The average Bonchev–Trinajstić information content (AvgIpc) is 3.11. The van der Waals surface area contributed by atoms with E-state index in [0.29, 0.717) is 16.6 Å². The molecule has 2 N–H and O–H groups in total. The Morgan fingerprint density at radius 2 is 1.77 bits per heavy atom. The smallest absolute Gasteiger partial charge is 0.352 e. The predicted octanol–water partition coefficient (Wildman–Crippen LogP) is 1.98. The number of amides is 2. The van der Waals surface area contributed by atoms with Gasteiger partial charge in [-0.3, -0.25) is 19.0 Å². The molecule has 0 saturated carbocycles. The highest BCUT2D eigenvalue weighted by molar-refractivity contribution is 5.91. The Morgan fingerprint density at radius 3 is 2.49 bits per heavy atom. The van der Waals surface area contributed by atoms with Gasteiger partial charge in [0.2, 0.25) is 17.6 Å². The fourth-order valence-electron chi connectivity index (χ4n) is 4.06. The van der Waals surface area contributed by atoms with Crippen LogP contribution in [0.15, 0.2) is 52.1 Å². The number of anilines is 1. The number of carbonyl (C=O) groups is 2. The lowest BCUT2D eigenvalue weighted by Crippen LogP contribution is -2.33. The molecule has 10 nitrogen and oxygen atoms in total. The molecule has 0 radical (unpaired) electrons. The first-order chi connectivity index (χ1) is 16.7. The van der Waals surface area contributed by atoms with Gasteiger partial charge in [-0.1, -0.05) is 29.8 Å². The lowest BCUT2D eigenvalue weighted by atomic mass is 10.1. The maximum Gasteiger partial charge on any atom is 0.352 e. The molecule has 182 valence electrons. The molecule has 2 amide bonds. The van der Waals surface area contributed by atoms with Crippen molar-refractivity contribution in [2.24, 2.45) is 0 Å². The van der Waals surface area contributed by atoms with Crippen LogP contribution in [0.4, 0.5) is 5.69 Å². The lowest BCUT2D eigenvalue weighted by Gasteiger charge is -2.11. The first-order valence-electron chi connectivity index (χ1n) is 11.4. The van der Waals surface area contributed by atoms with E-state index in [1.807, 2.05) is 45.9 Å². The standard InChI is InChI=1S/C25H28N6O4/c1-15(2)26-21(32)11-12-29-23(34)18-7-5-6-8-20(18)31-24(29)28-30(25(31)35)14-22(33)27-19-10-9-16(3)13-17(19)4/h5-10,13,15H,11-12,14H2,1-4H3,(H,26,32)(H,27,33). The van der Waals surface area contributed by atoms with Crippen LogP contribution in [0, 0.1) is 13.8 Å². The number of para-hydroxylation sites is 1. The summed E-state index contributed by atoms with van der Waals surface area (Å²) in [6.45, 7) is 7.26. The summed E-state index contributed by atoms with van der Waals surface area (Å²) in [5.74, 6) is -0.555. The molecule has 0 aliphatic carbocycles. The molecule has 0 aliphatic rings. The molecule has 0 unspecified atom stereocenters. The maximum atomic E-state index is 13.3. The molecule has 0 fully saturated rings. The molecule has 2 heterocycles. The molecular formula is C25H28N6O4. The van der Waals surface area contributed by atoms with Crippen molar-refractivity contribution in [3.05, 3.63) is 74.4 Å². The number of benzene rings is 2. The van der Waals surface area contributed by atoms with Crippen LogP contribution in [0.1, 0.15) is 31.4 Å². The van der Waals surface area contributed by atoms with E-state index in [9.17, 15) is 19.2 Å². The second-order valence-electron chi connectivity index (χ2n) is 8.89. The van der Waals surface area contributed by atoms with E-state index < -0.39 is 11.6 Å². The van der Waals surface area contributed by atoms with E-state index in [1.165, 1.54) is 8.97 Å². The first kappa shape index (κ1) is 23.9. The monoisotopic (exact) mass is 476 g/mol. The Hall–Kier alpha value is -4.21. The van der Waals surface area contributed by atoms with Crippen molar-refractivity contribution in [3.8, 4) is 0 Å². The average molecular weight is 477 g/mol. The number of fused-ring (bicyclic) bond motifs is 3. The molecule has 35 heavy (non-hydrogen) atoms. The first-order valence-corrected chi connectivity index (χ1v) is 11.4. The zero-order chi connectivity index (χ0) is 25.3. The Kier molecular flexibility index (Phi) is 6.54. The number of rotatable bonds is 7. The van der Waals surface area contributed by atoms with Gasteiger partial charge in [-0.2, -0.15) is 0 Å². The van der Waals surface area contributed by atoms with Gasteiger partial charge in [0, 0.05) is 24.7 Å². The molecule has 0 bridgehead atoms. The van der Waals surface area contributed by atoms with Gasteiger partial charge in [0.1, 0.15) is 6.54 Å². The summed E-state index contributed by atoms with van der Waals surface area (Å²) < 4.78 is 3.65. The van der Waals surface area contributed by atoms with Crippen molar-refractivity contribution in [2.75, 3.05) is 5.32 Å². The zero-order valence-corrected chi connectivity index (χ0v) is 20.2. The van der Waals surface area contributed by atoms with Crippen molar-refractivity contribution < 1.29 is 9.59 Å². The number of aryl methyl sites for hydroxylation is 3. The van der Waals surface area contributed by atoms with Gasteiger partial charge in [-0.05, 0) is 51.5 Å². The van der Waals surface area contributed by atoms with Gasteiger partial charge >= 0.3 is 5.69 Å². The highest BCUT2D eigenvalue weighted by Gasteiger charge is 2.19. The molecule has 0 saturated heterocycles. The largest absolute Gasteiger partial charge is 0.354 e. The molecule has 2 aromatic carbocycles. The quantitative estimate of drug-likeness (QED) is 0.423. The third kappa shape index (κ3) is 4.86. The fraction of sp³-hybridized carbons (Fsp3) is 0.320. The van der Waals surface area contributed by atoms with Crippen molar-refractivity contribution in [1.82, 2.24) is 24.1 Å². The van der Waals surface area contributed by atoms with E-state index in [1.54, 1.807) is 24.3 Å². The van der Waals surface area contributed by atoms with Crippen molar-refractivity contribution in [3.63, 3.8) is 0 Å². The van der Waals surface area contributed by atoms with Gasteiger partial charge < -0.3 is 10.6 Å². The zero-order valence-electron chi connectivity index (χ0n) is 20.2. The van der Waals surface area contributed by atoms with E-state index in [-0.39, 0.29) is 42.8 Å². The van der Waals surface area contributed by atoms with E-state index in [2.05, 4.69) is 15.7 Å². The van der Waals surface area contributed by atoms with Crippen LogP contribution in [0.2, 0.25) is 0 Å². The SMILES string of the molecule is Cc1ccc(NC(=O)Cn2nc3n(CCC(=O)NC(C)C)c(=O)c4ccccc4n3c2=O)c(C)c1. The summed E-state index contributed by atoms with van der Waals surface area (Å²) in [4.78, 5) is 51.4. The van der Waals surface area contributed by atoms with Gasteiger partial charge in [0.25, 0.3) is 5.56 Å². The normalized spacial score (nSPS) is 11.3. The molecule has 0 aliphatic heterocycles. The Labute approximate surface area is 201 Å². The van der Waals surface area contributed by atoms with Crippen LogP contribution in [0.5, 0.6) is 0 Å². The van der Waals surface area contributed by atoms with E-state index in [0.717, 1.165) is 15.8 Å². The van der Waals surface area contributed by atoms with Gasteiger partial charge in [-0.15, -0.1) is 5.10 Å². The van der Waals surface area contributed by atoms with Crippen LogP contribution in [-0.2, 0) is 22.7 Å². The third-order valence-corrected chi connectivity index (χ3v) is 5.65. The van der Waals surface area contributed by atoms with E-state index in [4.69, 9.17) is 0 Å². The molecule has 2 aromatic heterocycles. The summed E-state index contributed by atoms with van der Waals surface area (Å²) in [6, 6.07) is 12.3. The minimum absolute atomic E-state index is 0.0339. The summed E-state index contributed by atoms with van der Waals surface area (Å²) in [7, 11) is 0. The topological polar surface area (TPSA) is 120 Å². The molecule has 0 spiro atoms. The molecular weight excluding hydrogens is 448 g/mol. The fourth-order valence-corrected chi connectivity index (χ4v) is 4.06. The third-order valence-electron chi connectivity index (χ3n) is 5.65. The summed E-state index contributed by atoms with van der Waals surface area (Å²) >= 11 is 0. The number of nitrogens with zero attached hydrogens (tertiary/aromatic N) is 4. The molecule has 10 heteroatoms. The van der Waals surface area contributed by atoms with Crippen LogP contribution >= 0.6 is 0 Å². The van der Waals surface area contributed by atoms with Crippen LogP contribution in [-0.4, -0.2) is 36.6 Å². The number of nitrogens with one attached hydrogen (secondary N) is 2. The second kappa shape index (κ2) is 9.57. The van der Waals surface area contributed by atoms with E-state index >= 15 is 0 Å². The van der Waals surface area contributed by atoms with Gasteiger partial charge in [0.05, 0.1) is 10.9 Å². The highest BCUT2D eigenvalue weighted by atomic mass is 16.2. The number of hydrogen-bond donors (Lipinski definition) is 2. The molecule has 0 atom stereocenters. The lowest BCUT2D eigenvalue weighted by molar-refractivity contribution is -0.121. The summed E-state index contributed by atoms with van der Waals surface area (Å²) in [5, 5.41) is 10.2. The number of carbonyl (C=O) groups excluding carboxylic acids is 2. The minimum atomic E-state index is -0.549. The van der Waals surface area contributed by atoms with Crippen molar-refractivity contribution in [2.45, 2.75) is 53.2 Å². The van der Waals surface area contributed by atoms with Crippen molar-refractivity contribution >= 4 is 34.2 Å². The van der Waals surface area contributed by atoms with Crippen LogP contribution in [0.25, 0.3) is 16.7 Å². The van der Waals surface area contributed by atoms with Crippen LogP contribution in [0.3, 0.4) is 0 Å². The number of aromatic nitrogens is 4. The number of hydrogen-bond acceptors (Lipinski definition) is 5. The summed E-state index contributed by atoms with van der Waals surface area (Å²) in [5.41, 5.74) is 2.11. The Balaban J connectivity index is 1.73. The van der Waals surface area contributed by atoms with Gasteiger partial charge in [0.15, 0.2) is 0 Å². The van der Waals surface area contributed by atoms with Crippen LogP contribution < -0.4 is 21.9 Å². The second-order valence-corrected chi connectivity index (χ2v) is 8.89. The van der Waals surface area contributed by atoms with Crippen molar-refractivity contribution in [1.29, 1.82) is 0 Å². The minimum Gasteiger partial charge on any atom is -0.354 e. The Bertz CT molecular complexity index is 1560. The predicted molar refractivity (Wildman–Crippen MR) is 134 cm³/mol.